The van der Waals surface area contributed by atoms with Crippen LogP contribution in [0.2, 0.25) is 0 Å². The molecule has 1 aromatic carbocycles. The molecular formula is C13H17BrN2O3. The van der Waals surface area contributed by atoms with Gasteiger partial charge in [0.2, 0.25) is 5.91 Å². The lowest BCUT2D eigenvalue weighted by Crippen LogP contribution is -2.43. The number of carbonyl (C=O) groups is 1. The first kappa shape index (κ1) is 14.3. The van der Waals surface area contributed by atoms with Crippen LogP contribution in [0.25, 0.3) is 0 Å². The Balaban J connectivity index is 1.92. The molecule has 0 aliphatic carbocycles. The molecule has 1 fully saturated rings. The SMILES string of the molecule is COc1cc(Br)cc(NC(=O)CC2COCCN2)c1. The summed E-state index contributed by atoms with van der Waals surface area (Å²) in [4.78, 5) is 11.9. The minimum absolute atomic E-state index is 0.0387. The highest BCUT2D eigenvalue weighted by Crippen LogP contribution is 2.24. The molecule has 2 rings (SSSR count). The molecule has 0 bridgehead atoms. The zero-order valence-corrected chi connectivity index (χ0v) is 12.3. The average molecular weight is 329 g/mol. The van der Waals surface area contributed by atoms with Gasteiger partial charge in [-0.05, 0) is 12.1 Å². The molecular weight excluding hydrogens is 312 g/mol. The van der Waals surface area contributed by atoms with E-state index in [2.05, 4.69) is 26.6 Å². The van der Waals surface area contributed by atoms with Crippen LogP contribution in [-0.2, 0) is 9.53 Å². The third-order valence-electron chi connectivity index (χ3n) is 2.82. The van der Waals surface area contributed by atoms with Crippen LogP contribution < -0.4 is 15.4 Å². The fourth-order valence-electron chi connectivity index (χ4n) is 1.94. The molecule has 1 unspecified atom stereocenters. The molecule has 1 saturated heterocycles. The number of nitrogens with one attached hydrogen (secondary N) is 2. The molecule has 0 saturated carbocycles. The number of ether oxygens (including phenoxy) is 2. The quantitative estimate of drug-likeness (QED) is 0.884. The Kier molecular flexibility index (Phi) is 5.18. The van der Waals surface area contributed by atoms with Gasteiger partial charge in [0.25, 0.3) is 0 Å². The first-order chi connectivity index (χ1) is 9.17. The van der Waals surface area contributed by atoms with Gasteiger partial charge in [0.15, 0.2) is 0 Å². The lowest BCUT2D eigenvalue weighted by Gasteiger charge is -2.23. The third kappa shape index (κ3) is 4.49. The lowest BCUT2D eigenvalue weighted by molar-refractivity contribution is -0.117. The van der Waals surface area contributed by atoms with Crippen LogP contribution in [0.15, 0.2) is 22.7 Å². The Morgan fingerprint density at radius 2 is 2.42 bits per heavy atom. The van der Waals surface area contributed by atoms with Gasteiger partial charge in [-0.1, -0.05) is 15.9 Å². The maximum atomic E-state index is 11.9. The molecule has 6 heteroatoms. The molecule has 0 aromatic heterocycles. The molecule has 1 atom stereocenters. The predicted octanol–water partition coefficient (Wildman–Crippen LogP) is 1.77. The number of rotatable bonds is 4. The molecule has 19 heavy (non-hydrogen) atoms. The van der Waals surface area contributed by atoms with Gasteiger partial charge in [0.05, 0.1) is 20.3 Å². The summed E-state index contributed by atoms with van der Waals surface area (Å²) in [7, 11) is 1.59. The van der Waals surface area contributed by atoms with Gasteiger partial charge >= 0.3 is 0 Å². The first-order valence-electron chi connectivity index (χ1n) is 6.13. The zero-order valence-electron chi connectivity index (χ0n) is 10.7. The van der Waals surface area contributed by atoms with E-state index in [0.717, 1.165) is 11.0 Å². The molecule has 104 valence electrons. The van der Waals surface area contributed by atoms with E-state index in [9.17, 15) is 4.79 Å². The van der Waals surface area contributed by atoms with Crippen LogP contribution in [0.3, 0.4) is 0 Å². The molecule has 1 heterocycles. The van der Waals surface area contributed by atoms with Gasteiger partial charge in [-0.25, -0.2) is 0 Å². The van der Waals surface area contributed by atoms with Crippen molar-refractivity contribution in [1.29, 1.82) is 0 Å². The zero-order chi connectivity index (χ0) is 13.7. The minimum atomic E-state index is -0.0387. The Morgan fingerprint density at radius 3 is 3.11 bits per heavy atom. The fourth-order valence-corrected chi connectivity index (χ4v) is 2.41. The normalized spacial score (nSPS) is 18.9. The summed E-state index contributed by atoms with van der Waals surface area (Å²) in [6.45, 7) is 2.08. The number of amides is 1. The average Bonchev–Trinajstić information content (AvgIpc) is 2.38. The van der Waals surface area contributed by atoms with Crippen molar-refractivity contribution in [3.8, 4) is 5.75 Å². The van der Waals surface area contributed by atoms with E-state index in [4.69, 9.17) is 9.47 Å². The second-order valence-electron chi connectivity index (χ2n) is 4.36. The summed E-state index contributed by atoms with van der Waals surface area (Å²) < 4.78 is 11.3. The van der Waals surface area contributed by atoms with Crippen molar-refractivity contribution in [2.45, 2.75) is 12.5 Å². The standard InChI is InChI=1S/C13H17BrN2O3/c1-18-12-5-9(14)4-10(6-12)16-13(17)7-11-8-19-3-2-15-11/h4-6,11,15H,2-3,7-8H2,1H3,(H,16,17). The van der Waals surface area contributed by atoms with Gasteiger partial charge in [-0.15, -0.1) is 0 Å². The first-order valence-corrected chi connectivity index (χ1v) is 6.92. The van der Waals surface area contributed by atoms with E-state index in [1.807, 2.05) is 12.1 Å². The van der Waals surface area contributed by atoms with Gasteiger partial charge < -0.3 is 20.1 Å². The Hall–Kier alpha value is -1.11. The summed E-state index contributed by atoms with van der Waals surface area (Å²) in [5, 5.41) is 6.11. The highest BCUT2D eigenvalue weighted by molar-refractivity contribution is 9.10. The number of halogens is 1. The van der Waals surface area contributed by atoms with Crippen molar-refractivity contribution in [3.63, 3.8) is 0 Å². The van der Waals surface area contributed by atoms with Crippen LogP contribution in [0.4, 0.5) is 5.69 Å². The second kappa shape index (κ2) is 6.88. The summed E-state index contributed by atoms with van der Waals surface area (Å²) in [5.41, 5.74) is 0.716. The third-order valence-corrected chi connectivity index (χ3v) is 3.28. The Labute approximate surface area is 120 Å². The number of methoxy groups -OCH3 is 1. The van der Waals surface area contributed by atoms with E-state index in [1.165, 1.54) is 0 Å². The summed E-state index contributed by atoms with van der Waals surface area (Å²) in [5.74, 6) is 0.659. The molecule has 1 amide bonds. The maximum absolute atomic E-state index is 11.9. The van der Waals surface area contributed by atoms with Crippen molar-refractivity contribution in [3.05, 3.63) is 22.7 Å². The van der Waals surface area contributed by atoms with Crippen LogP contribution >= 0.6 is 15.9 Å². The molecule has 1 aromatic rings. The van der Waals surface area contributed by atoms with Crippen molar-refractivity contribution in [2.75, 3.05) is 32.2 Å². The minimum Gasteiger partial charge on any atom is -0.497 e. The van der Waals surface area contributed by atoms with E-state index in [-0.39, 0.29) is 11.9 Å². The summed E-state index contributed by atoms with van der Waals surface area (Å²) in [6.07, 6.45) is 0.398. The van der Waals surface area contributed by atoms with Crippen molar-refractivity contribution < 1.29 is 14.3 Å². The second-order valence-corrected chi connectivity index (χ2v) is 5.27. The van der Waals surface area contributed by atoms with Gasteiger partial charge in [0, 0.05) is 35.2 Å². The highest BCUT2D eigenvalue weighted by Gasteiger charge is 2.17. The van der Waals surface area contributed by atoms with E-state index >= 15 is 0 Å². The number of anilines is 1. The van der Waals surface area contributed by atoms with Crippen molar-refractivity contribution >= 4 is 27.5 Å². The molecule has 0 radical (unpaired) electrons. The van der Waals surface area contributed by atoms with E-state index in [0.29, 0.717) is 31.1 Å². The predicted molar refractivity (Wildman–Crippen MR) is 76.6 cm³/mol. The molecule has 1 aliphatic rings. The van der Waals surface area contributed by atoms with Gasteiger partial charge in [-0.3, -0.25) is 4.79 Å². The smallest absolute Gasteiger partial charge is 0.226 e. The number of carbonyl (C=O) groups excluding carboxylic acids is 1. The monoisotopic (exact) mass is 328 g/mol. The van der Waals surface area contributed by atoms with Crippen LogP contribution in [0.5, 0.6) is 5.75 Å². The molecule has 1 aliphatic heterocycles. The molecule has 2 N–H and O–H groups in total. The fraction of sp³-hybridized carbons (Fsp3) is 0.462. The largest absolute Gasteiger partial charge is 0.497 e. The lowest BCUT2D eigenvalue weighted by atomic mass is 10.2. The number of morpholine rings is 1. The van der Waals surface area contributed by atoms with Crippen LogP contribution in [0.1, 0.15) is 6.42 Å². The van der Waals surface area contributed by atoms with Crippen LogP contribution in [-0.4, -0.2) is 38.8 Å². The maximum Gasteiger partial charge on any atom is 0.226 e. The topological polar surface area (TPSA) is 59.6 Å². The number of hydrogen-bond donors (Lipinski definition) is 2. The van der Waals surface area contributed by atoms with Crippen molar-refractivity contribution in [1.82, 2.24) is 5.32 Å². The van der Waals surface area contributed by atoms with Gasteiger partial charge in [-0.2, -0.15) is 0 Å². The van der Waals surface area contributed by atoms with E-state index < -0.39 is 0 Å². The molecule has 0 spiro atoms. The Morgan fingerprint density at radius 1 is 1.58 bits per heavy atom. The Bertz CT molecular complexity index is 448. The van der Waals surface area contributed by atoms with E-state index in [1.54, 1.807) is 13.2 Å². The summed E-state index contributed by atoms with van der Waals surface area (Å²) in [6, 6.07) is 5.55. The van der Waals surface area contributed by atoms with Crippen LogP contribution in [0, 0.1) is 0 Å². The number of hydrogen-bond acceptors (Lipinski definition) is 4. The highest BCUT2D eigenvalue weighted by atomic mass is 79.9. The molecule has 5 nitrogen and oxygen atoms in total. The van der Waals surface area contributed by atoms with Crippen molar-refractivity contribution in [2.24, 2.45) is 0 Å². The number of benzene rings is 1. The summed E-state index contributed by atoms with van der Waals surface area (Å²) >= 11 is 3.38. The van der Waals surface area contributed by atoms with Gasteiger partial charge in [0.1, 0.15) is 5.75 Å².